The number of carbonyl (C=O) groups excluding carboxylic acids is 1. The maximum atomic E-state index is 12.1. The summed E-state index contributed by atoms with van der Waals surface area (Å²) in [6.45, 7) is 0. The van der Waals surface area contributed by atoms with Gasteiger partial charge in [0.2, 0.25) is 5.91 Å². The molecule has 0 aromatic heterocycles. The highest BCUT2D eigenvalue weighted by Crippen LogP contribution is 2.28. The molecule has 1 amide bonds. The first-order chi connectivity index (χ1) is 8.16. The van der Waals surface area contributed by atoms with Gasteiger partial charge in [0.05, 0.1) is 0 Å². The van der Waals surface area contributed by atoms with Crippen LogP contribution in [0.3, 0.4) is 0 Å². The number of nitrogens with zero attached hydrogens (tertiary/aromatic N) is 1. The van der Waals surface area contributed by atoms with E-state index in [1.165, 1.54) is 25.7 Å². The maximum absolute atomic E-state index is 12.1. The van der Waals surface area contributed by atoms with Crippen molar-refractivity contribution in [3.05, 3.63) is 24.3 Å². The topological polar surface area (TPSA) is 46.3 Å². The first-order valence-electron chi connectivity index (χ1n) is 6.29. The van der Waals surface area contributed by atoms with Crippen LogP contribution in [-0.2, 0) is 4.79 Å². The Kier molecular flexibility index (Phi) is 3.67. The van der Waals surface area contributed by atoms with Crippen molar-refractivity contribution < 1.29 is 4.79 Å². The molecule has 0 bridgehead atoms. The average molecular weight is 232 g/mol. The first-order valence-corrected chi connectivity index (χ1v) is 6.29. The predicted octanol–water partition coefficient (Wildman–Crippen LogP) is 2.81. The lowest BCUT2D eigenvalue weighted by molar-refractivity contribution is -0.119. The Balaban J connectivity index is 1.98. The maximum Gasteiger partial charge on any atom is 0.226 e. The Morgan fingerprint density at radius 3 is 2.76 bits per heavy atom. The fourth-order valence-electron chi connectivity index (χ4n) is 2.48. The van der Waals surface area contributed by atoms with Gasteiger partial charge in [0.25, 0.3) is 0 Å². The highest BCUT2D eigenvalue weighted by atomic mass is 16.2. The van der Waals surface area contributed by atoms with Gasteiger partial charge in [0.15, 0.2) is 0 Å². The number of amides is 1. The first kappa shape index (κ1) is 12.0. The fourth-order valence-corrected chi connectivity index (χ4v) is 2.48. The smallest absolute Gasteiger partial charge is 0.226 e. The van der Waals surface area contributed by atoms with E-state index < -0.39 is 0 Å². The normalized spacial score (nSPS) is 16.1. The second-order valence-corrected chi connectivity index (χ2v) is 4.90. The highest BCUT2D eigenvalue weighted by molar-refractivity contribution is 5.93. The van der Waals surface area contributed by atoms with Gasteiger partial charge in [-0.1, -0.05) is 18.9 Å². The average Bonchev–Trinajstić information content (AvgIpc) is 2.80. The zero-order chi connectivity index (χ0) is 12.3. The molecule has 92 valence electrons. The molecule has 1 aromatic carbocycles. The molecule has 0 atom stereocenters. The molecule has 3 nitrogen and oxygen atoms in total. The molecule has 0 aliphatic heterocycles. The third kappa shape index (κ3) is 2.99. The van der Waals surface area contributed by atoms with Gasteiger partial charge in [-0.15, -0.1) is 0 Å². The number of hydrogen-bond acceptors (Lipinski definition) is 2. The third-order valence-electron chi connectivity index (χ3n) is 3.57. The van der Waals surface area contributed by atoms with Gasteiger partial charge in [-0.25, -0.2) is 0 Å². The molecule has 2 N–H and O–H groups in total. The lowest BCUT2D eigenvalue weighted by atomic mass is 10.0. The van der Waals surface area contributed by atoms with Gasteiger partial charge >= 0.3 is 0 Å². The van der Waals surface area contributed by atoms with Gasteiger partial charge in [-0.05, 0) is 37.0 Å². The van der Waals surface area contributed by atoms with Crippen LogP contribution in [0.25, 0.3) is 0 Å². The Labute approximate surface area is 103 Å². The van der Waals surface area contributed by atoms with Crippen LogP contribution in [0.1, 0.15) is 32.1 Å². The van der Waals surface area contributed by atoms with Gasteiger partial charge in [0, 0.05) is 24.8 Å². The van der Waals surface area contributed by atoms with E-state index in [1.54, 1.807) is 4.90 Å². The molecule has 3 heteroatoms. The monoisotopic (exact) mass is 232 g/mol. The minimum absolute atomic E-state index is 0.197. The summed E-state index contributed by atoms with van der Waals surface area (Å²) in [6.07, 6.45) is 5.64. The SMILES string of the molecule is CN(C(=O)CC1CCCC1)c1cccc(N)c1. The van der Waals surface area contributed by atoms with E-state index in [0.717, 1.165) is 5.69 Å². The van der Waals surface area contributed by atoms with E-state index in [4.69, 9.17) is 5.73 Å². The van der Waals surface area contributed by atoms with Crippen molar-refractivity contribution >= 4 is 17.3 Å². The van der Waals surface area contributed by atoms with Crippen molar-refractivity contribution in [3.8, 4) is 0 Å². The van der Waals surface area contributed by atoms with Gasteiger partial charge in [-0.3, -0.25) is 4.79 Å². The van der Waals surface area contributed by atoms with Crippen LogP contribution < -0.4 is 10.6 Å². The molecule has 0 unspecified atom stereocenters. The van der Waals surface area contributed by atoms with Crippen molar-refractivity contribution in [2.45, 2.75) is 32.1 Å². The lowest BCUT2D eigenvalue weighted by Gasteiger charge is -2.19. The van der Waals surface area contributed by atoms with E-state index in [-0.39, 0.29) is 5.91 Å². The van der Waals surface area contributed by atoms with Crippen LogP contribution in [0.5, 0.6) is 0 Å². The van der Waals surface area contributed by atoms with Crippen molar-refractivity contribution in [2.24, 2.45) is 5.92 Å². The summed E-state index contributed by atoms with van der Waals surface area (Å²) in [4.78, 5) is 13.8. The Hall–Kier alpha value is -1.51. The quantitative estimate of drug-likeness (QED) is 0.814. The largest absolute Gasteiger partial charge is 0.399 e. The summed E-state index contributed by atoms with van der Waals surface area (Å²) in [5.41, 5.74) is 7.30. The van der Waals surface area contributed by atoms with E-state index in [2.05, 4.69) is 0 Å². The zero-order valence-corrected chi connectivity index (χ0v) is 10.4. The fraction of sp³-hybridized carbons (Fsp3) is 0.500. The molecule has 1 aliphatic rings. The number of anilines is 2. The van der Waals surface area contributed by atoms with Crippen molar-refractivity contribution in [1.82, 2.24) is 0 Å². The molecular weight excluding hydrogens is 212 g/mol. The van der Waals surface area contributed by atoms with E-state index in [1.807, 2.05) is 31.3 Å². The van der Waals surface area contributed by atoms with Gasteiger partial charge < -0.3 is 10.6 Å². The second kappa shape index (κ2) is 5.21. The molecule has 0 heterocycles. The molecule has 1 aromatic rings. The Morgan fingerprint density at radius 2 is 2.12 bits per heavy atom. The Morgan fingerprint density at radius 1 is 1.41 bits per heavy atom. The number of nitrogens with two attached hydrogens (primary N) is 1. The van der Waals surface area contributed by atoms with Crippen molar-refractivity contribution in [1.29, 1.82) is 0 Å². The van der Waals surface area contributed by atoms with Crippen LogP contribution in [0.4, 0.5) is 11.4 Å². The number of hydrogen-bond donors (Lipinski definition) is 1. The molecular formula is C14H20N2O. The van der Waals surface area contributed by atoms with Crippen LogP contribution in [-0.4, -0.2) is 13.0 Å². The molecule has 1 aliphatic carbocycles. The van der Waals surface area contributed by atoms with Crippen molar-refractivity contribution in [2.75, 3.05) is 17.7 Å². The zero-order valence-electron chi connectivity index (χ0n) is 10.4. The van der Waals surface area contributed by atoms with Crippen LogP contribution in [0.15, 0.2) is 24.3 Å². The van der Waals surface area contributed by atoms with Crippen molar-refractivity contribution in [3.63, 3.8) is 0 Å². The highest BCUT2D eigenvalue weighted by Gasteiger charge is 2.21. The summed E-state index contributed by atoms with van der Waals surface area (Å²) < 4.78 is 0. The number of nitrogen functional groups attached to an aromatic ring is 1. The lowest BCUT2D eigenvalue weighted by Crippen LogP contribution is -2.27. The summed E-state index contributed by atoms with van der Waals surface area (Å²) in [6, 6.07) is 7.47. The minimum Gasteiger partial charge on any atom is -0.399 e. The number of carbonyl (C=O) groups is 1. The minimum atomic E-state index is 0.197. The molecule has 1 saturated carbocycles. The molecule has 0 radical (unpaired) electrons. The van der Waals surface area contributed by atoms with Crippen LogP contribution in [0.2, 0.25) is 0 Å². The van der Waals surface area contributed by atoms with Gasteiger partial charge in [-0.2, -0.15) is 0 Å². The number of benzene rings is 1. The second-order valence-electron chi connectivity index (χ2n) is 4.90. The summed E-state index contributed by atoms with van der Waals surface area (Å²) in [5.74, 6) is 0.786. The summed E-state index contributed by atoms with van der Waals surface area (Å²) in [5, 5.41) is 0. The number of rotatable bonds is 3. The van der Waals surface area contributed by atoms with Crippen LogP contribution >= 0.6 is 0 Å². The van der Waals surface area contributed by atoms with E-state index in [9.17, 15) is 4.79 Å². The predicted molar refractivity (Wildman–Crippen MR) is 70.8 cm³/mol. The standard InChI is InChI=1S/C14H20N2O/c1-16(13-8-4-7-12(15)10-13)14(17)9-11-5-2-3-6-11/h4,7-8,10-11H,2-3,5-6,9,15H2,1H3. The van der Waals surface area contributed by atoms with E-state index in [0.29, 0.717) is 18.0 Å². The van der Waals surface area contributed by atoms with E-state index >= 15 is 0 Å². The molecule has 1 fully saturated rings. The summed E-state index contributed by atoms with van der Waals surface area (Å²) >= 11 is 0. The molecule has 17 heavy (non-hydrogen) atoms. The summed E-state index contributed by atoms with van der Waals surface area (Å²) in [7, 11) is 1.83. The Bertz CT molecular complexity index is 397. The third-order valence-corrected chi connectivity index (χ3v) is 3.57. The molecule has 0 saturated heterocycles. The molecule has 0 spiro atoms. The van der Waals surface area contributed by atoms with Gasteiger partial charge in [0.1, 0.15) is 0 Å². The van der Waals surface area contributed by atoms with Crippen LogP contribution in [0, 0.1) is 5.92 Å². The molecule has 2 rings (SSSR count).